The molecule has 1 amide bonds. The van der Waals surface area contributed by atoms with Crippen LogP contribution in [0.4, 0.5) is 0 Å². The SMILES string of the molecule is CC(C)C(CNC(=O)CCc1nc2cc(S(=O)(=O)N(C)C)ccc2n1C)N(C)C. The third kappa shape index (κ3) is 5.34. The fourth-order valence-electron chi connectivity index (χ4n) is 3.37. The second kappa shape index (κ2) is 9.23. The average Bonchev–Trinajstić information content (AvgIpc) is 2.94. The van der Waals surface area contributed by atoms with E-state index < -0.39 is 10.0 Å². The van der Waals surface area contributed by atoms with E-state index in [9.17, 15) is 13.2 Å². The van der Waals surface area contributed by atoms with Crippen LogP contribution < -0.4 is 5.32 Å². The van der Waals surface area contributed by atoms with Gasteiger partial charge in [0, 0.05) is 46.6 Å². The van der Waals surface area contributed by atoms with Gasteiger partial charge in [-0.1, -0.05) is 13.8 Å². The Morgan fingerprint density at radius 1 is 1.21 bits per heavy atom. The first-order valence-corrected chi connectivity index (χ1v) is 11.2. The number of carbonyl (C=O) groups is 1. The highest BCUT2D eigenvalue weighted by atomic mass is 32.2. The number of hydrogen-bond donors (Lipinski definition) is 1. The molecular formula is C20H33N5O3S. The molecule has 0 saturated carbocycles. The van der Waals surface area contributed by atoms with Crippen molar-refractivity contribution in [2.45, 2.75) is 37.6 Å². The van der Waals surface area contributed by atoms with Crippen LogP contribution in [0, 0.1) is 5.92 Å². The van der Waals surface area contributed by atoms with Crippen LogP contribution in [0.1, 0.15) is 26.1 Å². The van der Waals surface area contributed by atoms with Crippen LogP contribution in [-0.2, 0) is 28.3 Å². The normalized spacial score (nSPS) is 13.6. The average molecular weight is 424 g/mol. The van der Waals surface area contributed by atoms with E-state index in [2.05, 4.69) is 29.0 Å². The molecule has 2 rings (SSSR count). The molecule has 9 heteroatoms. The van der Waals surface area contributed by atoms with E-state index in [1.807, 2.05) is 25.7 Å². The second-order valence-corrected chi connectivity index (χ2v) is 10.3. The maximum Gasteiger partial charge on any atom is 0.242 e. The highest BCUT2D eigenvalue weighted by Crippen LogP contribution is 2.21. The van der Waals surface area contributed by atoms with Crippen molar-refractivity contribution >= 4 is 27.0 Å². The fourth-order valence-corrected chi connectivity index (χ4v) is 4.29. The number of likely N-dealkylation sites (N-methyl/N-ethyl adjacent to an activating group) is 1. The van der Waals surface area contributed by atoms with Crippen LogP contribution in [0.15, 0.2) is 23.1 Å². The highest BCUT2D eigenvalue weighted by Gasteiger charge is 2.20. The molecule has 0 radical (unpaired) electrons. The van der Waals surface area contributed by atoms with Gasteiger partial charge in [0.2, 0.25) is 15.9 Å². The van der Waals surface area contributed by atoms with Gasteiger partial charge in [-0.2, -0.15) is 0 Å². The van der Waals surface area contributed by atoms with E-state index in [-0.39, 0.29) is 16.8 Å². The first kappa shape index (κ1) is 23.3. The molecule has 1 atom stereocenters. The lowest BCUT2D eigenvalue weighted by Crippen LogP contribution is -2.43. The number of carbonyl (C=O) groups excluding carboxylic acids is 1. The van der Waals surface area contributed by atoms with E-state index in [1.165, 1.54) is 18.4 Å². The number of hydrogen-bond acceptors (Lipinski definition) is 5. The summed E-state index contributed by atoms with van der Waals surface area (Å²) in [6.45, 7) is 4.89. The molecule has 0 saturated heterocycles. The lowest BCUT2D eigenvalue weighted by Gasteiger charge is -2.28. The number of benzene rings is 1. The molecule has 1 unspecified atom stereocenters. The highest BCUT2D eigenvalue weighted by molar-refractivity contribution is 7.89. The van der Waals surface area contributed by atoms with Gasteiger partial charge < -0.3 is 14.8 Å². The van der Waals surface area contributed by atoms with Crippen molar-refractivity contribution in [1.29, 1.82) is 0 Å². The Kier molecular flexibility index (Phi) is 7.42. The maximum atomic E-state index is 12.3. The van der Waals surface area contributed by atoms with Crippen LogP contribution in [0.3, 0.4) is 0 Å². The lowest BCUT2D eigenvalue weighted by atomic mass is 10.0. The lowest BCUT2D eigenvalue weighted by molar-refractivity contribution is -0.121. The zero-order valence-electron chi connectivity index (χ0n) is 18.4. The van der Waals surface area contributed by atoms with Gasteiger partial charge >= 0.3 is 0 Å². The summed E-state index contributed by atoms with van der Waals surface area (Å²) in [6.07, 6.45) is 0.819. The quantitative estimate of drug-likeness (QED) is 0.660. The summed E-state index contributed by atoms with van der Waals surface area (Å²) in [5.41, 5.74) is 1.45. The smallest absolute Gasteiger partial charge is 0.242 e. The zero-order valence-corrected chi connectivity index (χ0v) is 19.2. The van der Waals surface area contributed by atoms with Gasteiger partial charge in [0.05, 0.1) is 15.9 Å². The summed E-state index contributed by atoms with van der Waals surface area (Å²) in [4.78, 5) is 19.2. The van der Waals surface area contributed by atoms with Gasteiger partial charge in [-0.3, -0.25) is 4.79 Å². The van der Waals surface area contributed by atoms with Gasteiger partial charge in [0.15, 0.2) is 0 Å². The number of sulfonamides is 1. The van der Waals surface area contributed by atoms with Gasteiger partial charge in [-0.05, 0) is 38.2 Å². The number of aromatic nitrogens is 2. The number of nitrogens with zero attached hydrogens (tertiary/aromatic N) is 4. The van der Waals surface area contributed by atoms with Crippen LogP contribution >= 0.6 is 0 Å². The Bertz CT molecular complexity index is 956. The first-order chi connectivity index (χ1) is 13.4. The molecular weight excluding hydrogens is 390 g/mol. The number of amides is 1. The third-order valence-electron chi connectivity index (χ3n) is 5.24. The van der Waals surface area contributed by atoms with Crippen LogP contribution in [0.2, 0.25) is 0 Å². The molecule has 1 aromatic heterocycles. The summed E-state index contributed by atoms with van der Waals surface area (Å²) in [5.74, 6) is 1.18. The standard InChI is InChI=1S/C20H33N5O3S/c1-14(2)18(23(3)4)13-21-20(26)11-10-19-22-16-12-15(29(27,28)24(5)6)8-9-17(16)25(19)7/h8-9,12,14,18H,10-11,13H2,1-7H3,(H,21,26). The van der Waals surface area contributed by atoms with E-state index in [4.69, 9.17) is 0 Å². The Hall–Kier alpha value is -1.97. The molecule has 0 bridgehead atoms. The summed E-state index contributed by atoms with van der Waals surface area (Å²) < 4.78 is 27.8. The maximum absolute atomic E-state index is 12.3. The fraction of sp³-hybridized carbons (Fsp3) is 0.600. The van der Waals surface area contributed by atoms with Gasteiger partial charge in [0.1, 0.15) is 5.82 Å². The van der Waals surface area contributed by atoms with Crippen LogP contribution in [0.25, 0.3) is 11.0 Å². The zero-order chi connectivity index (χ0) is 21.9. The monoisotopic (exact) mass is 423 g/mol. The predicted molar refractivity (Wildman–Crippen MR) is 115 cm³/mol. The molecule has 1 aromatic carbocycles. The van der Waals surface area contributed by atoms with Crippen molar-refractivity contribution in [3.05, 3.63) is 24.0 Å². The molecule has 29 heavy (non-hydrogen) atoms. The van der Waals surface area contributed by atoms with E-state index >= 15 is 0 Å². The topological polar surface area (TPSA) is 87.5 Å². The van der Waals surface area contributed by atoms with E-state index in [0.29, 0.717) is 30.8 Å². The molecule has 0 spiro atoms. The van der Waals surface area contributed by atoms with Crippen molar-refractivity contribution < 1.29 is 13.2 Å². The molecule has 2 aromatic rings. The molecule has 1 heterocycles. The van der Waals surface area contributed by atoms with E-state index in [1.54, 1.807) is 18.2 Å². The second-order valence-electron chi connectivity index (χ2n) is 8.10. The summed E-state index contributed by atoms with van der Waals surface area (Å²) in [5, 5.41) is 3.01. The van der Waals surface area contributed by atoms with Gasteiger partial charge in [-0.25, -0.2) is 17.7 Å². The number of imidazole rings is 1. The molecule has 0 aliphatic rings. The van der Waals surface area contributed by atoms with Crippen molar-refractivity contribution in [1.82, 2.24) is 24.1 Å². The third-order valence-corrected chi connectivity index (χ3v) is 7.05. The van der Waals surface area contributed by atoms with Crippen molar-refractivity contribution in [2.24, 2.45) is 13.0 Å². The van der Waals surface area contributed by atoms with Crippen molar-refractivity contribution in [3.8, 4) is 0 Å². The number of aryl methyl sites for hydroxylation is 2. The Morgan fingerprint density at radius 3 is 2.41 bits per heavy atom. The Morgan fingerprint density at radius 2 is 1.86 bits per heavy atom. The number of nitrogens with one attached hydrogen (secondary N) is 1. The molecule has 162 valence electrons. The molecule has 1 N–H and O–H groups in total. The minimum atomic E-state index is -3.51. The van der Waals surface area contributed by atoms with Crippen molar-refractivity contribution in [3.63, 3.8) is 0 Å². The first-order valence-electron chi connectivity index (χ1n) is 9.76. The van der Waals surface area contributed by atoms with E-state index in [0.717, 1.165) is 11.3 Å². The van der Waals surface area contributed by atoms with Gasteiger partial charge in [0.25, 0.3) is 0 Å². The number of fused-ring (bicyclic) bond motifs is 1. The van der Waals surface area contributed by atoms with Crippen LogP contribution in [0.5, 0.6) is 0 Å². The predicted octanol–water partition coefficient (Wildman–Crippen LogP) is 1.46. The van der Waals surface area contributed by atoms with Gasteiger partial charge in [-0.15, -0.1) is 0 Å². The largest absolute Gasteiger partial charge is 0.355 e. The minimum Gasteiger partial charge on any atom is -0.355 e. The Labute approximate surface area is 173 Å². The molecule has 0 aliphatic heterocycles. The van der Waals surface area contributed by atoms with Crippen LogP contribution in [-0.4, -0.2) is 73.9 Å². The number of rotatable bonds is 9. The molecule has 8 nitrogen and oxygen atoms in total. The summed E-state index contributed by atoms with van der Waals surface area (Å²) in [6, 6.07) is 5.21. The molecule has 0 fully saturated rings. The summed E-state index contributed by atoms with van der Waals surface area (Å²) >= 11 is 0. The Balaban J connectivity index is 2.09. The molecule has 0 aliphatic carbocycles. The van der Waals surface area contributed by atoms with Crippen molar-refractivity contribution in [2.75, 3.05) is 34.7 Å². The summed E-state index contributed by atoms with van der Waals surface area (Å²) in [7, 11) is 5.40. The minimum absolute atomic E-state index is 0.0135.